The average Bonchev–Trinajstić information content (AvgIpc) is 2.15. The second-order valence-corrected chi connectivity index (χ2v) is 4.52. The quantitative estimate of drug-likeness (QED) is 0.564. The SMILES string of the molecule is CCN(CC)C(=O)C(N)C(=O)OC(C)(C)C. The summed E-state index contributed by atoms with van der Waals surface area (Å²) in [5.74, 6) is -1.07. The van der Waals surface area contributed by atoms with E-state index in [2.05, 4.69) is 0 Å². The Labute approximate surface area is 96.9 Å². The molecular weight excluding hydrogens is 208 g/mol. The Morgan fingerprint density at radius 2 is 1.69 bits per heavy atom. The third-order valence-electron chi connectivity index (χ3n) is 2.00. The molecule has 1 amide bonds. The van der Waals surface area contributed by atoms with Crippen LogP contribution in [0.2, 0.25) is 0 Å². The number of amides is 1. The summed E-state index contributed by atoms with van der Waals surface area (Å²) >= 11 is 0. The Bertz CT molecular complexity index is 254. The van der Waals surface area contributed by atoms with Crippen molar-refractivity contribution in [3.63, 3.8) is 0 Å². The molecule has 0 saturated heterocycles. The zero-order valence-corrected chi connectivity index (χ0v) is 10.7. The van der Waals surface area contributed by atoms with Gasteiger partial charge in [0.15, 0.2) is 6.04 Å². The van der Waals surface area contributed by atoms with Crippen LogP contribution in [0.3, 0.4) is 0 Å². The van der Waals surface area contributed by atoms with Crippen LogP contribution >= 0.6 is 0 Å². The van der Waals surface area contributed by atoms with E-state index in [-0.39, 0.29) is 5.91 Å². The van der Waals surface area contributed by atoms with Crippen molar-refractivity contribution in [2.24, 2.45) is 5.73 Å². The molecule has 5 nitrogen and oxygen atoms in total. The number of hydrogen-bond acceptors (Lipinski definition) is 4. The zero-order valence-electron chi connectivity index (χ0n) is 10.7. The van der Waals surface area contributed by atoms with Gasteiger partial charge in [-0.25, -0.2) is 4.79 Å². The van der Waals surface area contributed by atoms with Crippen molar-refractivity contribution in [2.75, 3.05) is 13.1 Å². The van der Waals surface area contributed by atoms with Crippen molar-refractivity contribution in [1.82, 2.24) is 4.90 Å². The second-order valence-electron chi connectivity index (χ2n) is 4.52. The molecule has 0 heterocycles. The number of nitrogens with zero attached hydrogens (tertiary/aromatic N) is 1. The molecule has 0 aliphatic carbocycles. The molecule has 5 heteroatoms. The molecule has 94 valence electrons. The molecule has 0 aromatic heterocycles. The normalized spacial score (nSPS) is 13.1. The third-order valence-corrected chi connectivity index (χ3v) is 2.00. The van der Waals surface area contributed by atoms with Crippen molar-refractivity contribution >= 4 is 11.9 Å². The summed E-state index contributed by atoms with van der Waals surface area (Å²) in [5.41, 5.74) is 4.93. The number of nitrogens with two attached hydrogens (primary N) is 1. The van der Waals surface area contributed by atoms with Gasteiger partial charge in [0, 0.05) is 13.1 Å². The molecule has 1 unspecified atom stereocenters. The molecule has 0 fully saturated rings. The van der Waals surface area contributed by atoms with Crippen molar-refractivity contribution in [2.45, 2.75) is 46.3 Å². The van der Waals surface area contributed by atoms with Crippen LogP contribution in [0.4, 0.5) is 0 Å². The molecular formula is C11H22N2O3. The fourth-order valence-corrected chi connectivity index (χ4v) is 1.20. The number of likely N-dealkylation sites (N-methyl/N-ethyl adjacent to an activating group) is 1. The van der Waals surface area contributed by atoms with Gasteiger partial charge < -0.3 is 15.4 Å². The van der Waals surface area contributed by atoms with Crippen LogP contribution in [0.5, 0.6) is 0 Å². The average molecular weight is 230 g/mol. The molecule has 0 aliphatic heterocycles. The summed E-state index contributed by atoms with van der Waals surface area (Å²) in [6, 6.07) is -1.22. The van der Waals surface area contributed by atoms with E-state index < -0.39 is 17.6 Å². The Balaban J connectivity index is 4.49. The van der Waals surface area contributed by atoms with Crippen LogP contribution in [0.1, 0.15) is 34.6 Å². The predicted molar refractivity (Wildman–Crippen MR) is 61.7 cm³/mol. The van der Waals surface area contributed by atoms with Crippen LogP contribution in [0, 0.1) is 0 Å². The molecule has 0 aromatic rings. The van der Waals surface area contributed by atoms with Crippen LogP contribution < -0.4 is 5.73 Å². The number of ether oxygens (including phenoxy) is 1. The number of rotatable bonds is 4. The largest absolute Gasteiger partial charge is 0.458 e. The summed E-state index contributed by atoms with van der Waals surface area (Å²) in [4.78, 5) is 24.8. The molecule has 0 saturated carbocycles. The summed E-state index contributed by atoms with van der Waals surface area (Å²) in [5, 5.41) is 0. The van der Waals surface area contributed by atoms with Crippen molar-refractivity contribution in [1.29, 1.82) is 0 Å². The zero-order chi connectivity index (χ0) is 12.9. The van der Waals surface area contributed by atoms with Gasteiger partial charge in [-0.05, 0) is 34.6 Å². The minimum absolute atomic E-state index is 0.390. The maximum Gasteiger partial charge on any atom is 0.333 e. The molecule has 0 rings (SSSR count). The van der Waals surface area contributed by atoms with Gasteiger partial charge in [-0.1, -0.05) is 0 Å². The molecule has 1 atom stereocenters. The molecule has 0 aliphatic rings. The molecule has 16 heavy (non-hydrogen) atoms. The van der Waals surface area contributed by atoms with Gasteiger partial charge in [0.1, 0.15) is 5.60 Å². The van der Waals surface area contributed by atoms with E-state index in [0.29, 0.717) is 13.1 Å². The molecule has 2 N–H and O–H groups in total. The number of esters is 1. The maximum atomic E-state index is 11.7. The van der Waals surface area contributed by atoms with Gasteiger partial charge in [-0.3, -0.25) is 4.79 Å². The summed E-state index contributed by atoms with van der Waals surface area (Å²) < 4.78 is 5.05. The molecule has 0 aromatic carbocycles. The van der Waals surface area contributed by atoms with Crippen LogP contribution in [-0.2, 0) is 14.3 Å². The van der Waals surface area contributed by atoms with Crippen LogP contribution in [0.25, 0.3) is 0 Å². The van der Waals surface area contributed by atoms with Gasteiger partial charge in [-0.2, -0.15) is 0 Å². The van der Waals surface area contributed by atoms with E-state index in [1.54, 1.807) is 20.8 Å². The summed E-state index contributed by atoms with van der Waals surface area (Å²) in [7, 11) is 0. The van der Waals surface area contributed by atoms with Gasteiger partial charge in [0.2, 0.25) is 0 Å². The lowest BCUT2D eigenvalue weighted by Gasteiger charge is -2.25. The minimum atomic E-state index is -1.22. The van der Waals surface area contributed by atoms with Gasteiger partial charge >= 0.3 is 5.97 Å². The smallest absolute Gasteiger partial charge is 0.333 e. The molecule has 0 spiro atoms. The fraction of sp³-hybridized carbons (Fsp3) is 0.818. The fourth-order valence-electron chi connectivity index (χ4n) is 1.20. The lowest BCUT2D eigenvalue weighted by Crippen LogP contribution is -2.50. The van der Waals surface area contributed by atoms with E-state index in [0.717, 1.165) is 0 Å². The first-order valence-electron chi connectivity index (χ1n) is 5.50. The number of carbonyl (C=O) groups is 2. The first-order chi connectivity index (χ1) is 7.22. The van der Waals surface area contributed by atoms with E-state index in [4.69, 9.17) is 10.5 Å². The highest BCUT2D eigenvalue weighted by Gasteiger charge is 2.29. The Morgan fingerprint density at radius 3 is 2.00 bits per heavy atom. The van der Waals surface area contributed by atoms with Gasteiger partial charge in [0.25, 0.3) is 5.91 Å². The van der Waals surface area contributed by atoms with Crippen LogP contribution in [-0.4, -0.2) is 41.5 Å². The van der Waals surface area contributed by atoms with Crippen molar-refractivity contribution in [3.05, 3.63) is 0 Å². The number of hydrogen-bond donors (Lipinski definition) is 1. The lowest BCUT2D eigenvalue weighted by molar-refractivity contribution is -0.160. The van der Waals surface area contributed by atoms with Crippen molar-refractivity contribution < 1.29 is 14.3 Å². The van der Waals surface area contributed by atoms with Gasteiger partial charge in [0.05, 0.1) is 0 Å². The third kappa shape index (κ3) is 4.61. The standard InChI is InChI=1S/C11H22N2O3/c1-6-13(7-2)9(14)8(12)10(15)16-11(3,4)5/h8H,6-7,12H2,1-5H3. The first-order valence-corrected chi connectivity index (χ1v) is 5.50. The highest BCUT2D eigenvalue weighted by molar-refractivity contribution is 6.01. The lowest BCUT2D eigenvalue weighted by atomic mass is 10.2. The summed E-state index contributed by atoms with van der Waals surface area (Å²) in [6.07, 6.45) is 0. The van der Waals surface area contributed by atoms with Gasteiger partial charge in [-0.15, -0.1) is 0 Å². The topological polar surface area (TPSA) is 72.6 Å². The second kappa shape index (κ2) is 5.84. The highest BCUT2D eigenvalue weighted by atomic mass is 16.6. The first kappa shape index (κ1) is 14.9. The Kier molecular flexibility index (Phi) is 5.44. The van der Waals surface area contributed by atoms with Crippen molar-refractivity contribution in [3.8, 4) is 0 Å². The Hall–Kier alpha value is -1.10. The molecule has 0 radical (unpaired) electrons. The highest BCUT2D eigenvalue weighted by Crippen LogP contribution is 2.08. The van der Waals surface area contributed by atoms with E-state index >= 15 is 0 Å². The van der Waals surface area contributed by atoms with Crippen LogP contribution in [0.15, 0.2) is 0 Å². The molecule has 0 bridgehead atoms. The summed E-state index contributed by atoms with van der Waals surface area (Å²) in [6.45, 7) is 9.95. The Morgan fingerprint density at radius 1 is 1.25 bits per heavy atom. The van der Waals surface area contributed by atoms with E-state index in [1.807, 2.05) is 13.8 Å². The monoisotopic (exact) mass is 230 g/mol. The predicted octanol–water partition coefficient (Wildman–Crippen LogP) is 0.524. The van der Waals surface area contributed by atoms with E-state index in [1.165, 1.54) is 4.90 Å². The number of carbonyl (C=O) groups excluding carboxylic acids is 2. The minimum Gasteiger partial charge on any atom is -0.458 e. The van der Waals surface area contributed by atoms with E-state index in [9.17, 15) is 9.59 Å². The maximum absolute atomic E-state index is 11.7.